The first-order chi connectivity index (χ1) is 17.6. The van der Waals surface area contributed by atoms with Crippen molar-refractivity contribution in [3.63, 3.8) is 0 Å². The van der Waals surface area contributed by atoms with Gasteiger partial charge in [-0.05, 0) is 48.7 Å². The number of hydrogen-bond acceptors (Lipinski definition) is 7. The molecule has 7 heteroatoms. The molecule has 0 fully saturated rings. The molecule has 0 aliphatic carbocycles. The van der Waals surface area contributed by atoms with E-state index in [9.17, 15) is 4.79 Å². The Morgan fingerprint density at radius 2 is 1.75 bits per heavy atom. The maximum Gasteiger partial charge on any atom is 0.231 e. The zero-order chi connectivity index (χ0) is 25.1. The van der Waals surface area contributed by atoms with Gasteiger partial charge in [0.25, 0.3) is 0 Å². The summed E-state index contributed by atoms with van der Waals surface area (Å²) >= 11 is 0. The number of benzene rings is 3. The highest BCUT2D eigenvalue weighted by atomic mass is 16.5. The monoisotopic (exact) mass is 487 g/mol. The number of allylic oxidation sites excluding steroid dienone is 1. The SMILES string of the molecule is COc1ccc(/C=C2\Oc3c(ccc4c3CN(CCCc3ccccc3)CO4)C2=O)c(OC)c1OC. The van der Waals surface area contributed by atoms with Gasteiger partial charge >= 0.3 is 0 Å². The zero-order valence-corrected chi connectivity index (χ0v) is 20.7. The van der Waals surface area contributed by atoms with Crippen molar-refractivity contribution in [2.45, 2.75) is 19.4 Å². The molecular formula is C29H29NO6. The van der Waals surface area contributed by atoms with Crippen LogP contribution in [0.4, 0.5) is 0 Å². The van der Waals surface area contributed by atoms with Crippen LogP contribution in [0.15, 0.2) is 60.4 Å². The number of carbonyl (C=O) groups excluding carboxylic acids is 1. The molecule has 0 amide bonds. The van der Waals surface area contributed by atoms with E-state index in [2.05, 4.69) is 29.2 Å². The Hall–Kier alpha value is -3.97. The third-order valence-corrected chi connectivity index (χ3v) is 6.49. The van der Waals surface area contributed by atoms with E-state index in [1.807, 2.05) is 12.1 Å². The topological polar surface area (TPSA) is 66.5 Å². The molecule has 3 aromatic rings. The smallest absolute Gasteiger partial charge is 0.231 e. The Kier molecular flexibility index (Phi) is 6.82. The second-order valence-corrected chi connectivity index (χ2v) is 8.70. The molecule has 3 aromatic carbocycles. The lowest BCUT2D eigenvalue weighted by molar-refractivity contribution is 0.0928. The minimum Gasteiger partial charge on any atom is -0.493 e. The third kappa shape index (κ3) is 4.50. The van der Waals surface area contributed by atoms with Gasteiger partial charge in [0.05, 0.1) is 32.5 Å². The standard InChI is InChI=1S/C29H29NO6/c1-32-24-13-11-20(27(33-2)29(24)34-3)16-25-26(31)21-12-14-23-22(28(21)36-25)17-30(18-35-23)15-7-10-19-8-5-4-6-9-19/h4-6,8-9,11-14,16H,7,10,15,17-18H2,1-3H3/b25-16-. The van der Waals surface area contributed by atoms with Gasteiger partial charge in [-0.2, -0.15) is 0 Å². The Morgan fingerprint density at radius 1 is 0.944 bits per heavy atom. The summed E-state index contributed by atoms with van der Waals surface area (Å²) in [7, 11) is 4.65. The molecule has 0 aromatic heterocycles. The number of hydrogen-bond donors (Lipinski definition) is 0. The number of methoxy groups -OCH3 is 3. The summed E-state index contributed by atoms with van der Waals surface area (Å²) in [5.74, 6) is 2.83. The highest BCUT2D eigenvalue weighted by Crippen LogP contribution is 2.44. The summed E-state index contributed by atoms with van der Waals surface area (Å²) in [6.45, 7) is 2.06. The van der Waals surface area contributed by atoms with E-state index < -0.39 is 0 Å². The van der Waals surface area contributed by atoms with E-state index in [1.54, 1.807) is 45.6 Å². The van der Waals surface area contributed by atoms with E-state index in [0.717, 1.165) is 30.7 Å². The summed E-state index contributed by atoms with van der Waals surface area (Å²) in [6.07, 6.45) is 3.70. The molecule has 0 spiro atoms. The largest absolute Gasteiger partial charge is 0.493 e. The van der Waals surface area contributed by atoms with E-state index in [4.69, 9.17) is 23.7 Å². The van der Waals surface area contributed by atoms with Crippen molar-refractivity contribution < 1.29 is 28.5 Å². The van der Waals surface area contributed by atoms with Gasteiger partial charge in [0.15, 0.2) is 17.3 Å². The number of Topliss-reactive ketones (excluding diaryl/α,β-unsaturated/α-hetero) is 1. The number of rotatable bonds is 8. The van der Waals surface area contributed by atoms with Gasteiger partial charge < -0.3 is 23.7 Å². The Labute approximate surface area is 210 Å². The molecular weight excluding hydrogens is 458 g/mol. The third-order valence-electron chi connectivity index (χ3n) is 6.49. The molecule has 0 saturated heterocycles. The Bertz CT molecular complexity index is 1300. The van der Waals surface area contributed by atoms with Crippen molar-refractivity contribution in [2.24, 2.45) is 0 Å². The number of aryl methyl sites for hydroxylation is 1. The van der Waals surface area contributed by atoms with Crippen LogP contribution < -0.4 is 23.7 Å². The summed E-state index contributed by atoms with van der Waals surface area (Å²) in [5.41, 5.74) is 3.41. The second kappa shape index (κ2) is 10.3. The molecule has 2 heterocycles. The molecule has 7 nitrogen and oxygen atoms in total. The van der Waals surface area contributed by atoms with Crippen LogP contribution in [-0.2, 0) is 13.0 Å². The maximum absolute atomic E-state index is 13.2. The second-order valence-electron chi connectivity index (χ2n) is 8.70. The Morgan fingerprint density at radius 3 is 2.50 bits per heavy atom. The number of ether oxygens (including phenoxy) is 5. The van der Waals surface area contributed by atoms with Gasteiger partial charge in [-0.15, -0.1) is 0 Å². The molecule has 5 rings (SSSR count). The molecule has 0 N–H and O–H groups in total. The number of carbonyl (C=O) groups is 1. The quantitative estimate of drug-likeness (QED) is 0.409. The molecule has 186 valence electrons. The predicted molar refractivity (Wildman–Crippen MR) is 136 cm³/mol. The average molecular weight is 488 g/mol. The van der Waals surface area contributed by atoms with Crippen molar-refractivity contribution in [3.8, 4) is 28.7 Å². The van der Waals surface area contributed by atoms with Crippen LogP contribution in [0.2, 0.25) is 0 Å². The van der Waals surface area contributed by atoms with Gasteiger partial charge in [-0.1, -0.05) is 30.3 Å². The first kappa shape index (κ1) is 23.8. The van der Waals surface area contributed by atoms with Crippen LogP contribution in [0, 0.1) is 0 Å². The van der Waals surface area contributed by atoms with Crippen LogP contribution in [0.3, 0.4) is 0 Å². The fraction of sp³-hybridized carbons (Fsp3) is 0.276. The predicted octanol–water partition coefficient (Wildman–Crippen LogP) is 5.11. The van der Waals surface area contributed by atoms with Crippen molar-refractivity contribution in [1.82, 2.24) is 4.90 Å². The fourth-order valence-corrected chi connectivity index (χ4v) is 4.68. The minimum absolute atomic E-state index is 0.175. The maximum atomic E-state index is 13.2. The van der Waals surface area contributed by atoms with Crippen molar-refractivity contribution in [1.29, 1.82) is 0 Å². The summed E-state index contributed by atoms with van der Waals surface area (Å²) in [6, 6.07) is 17.7. The molecule has 0 unspecified atom stereocenters. The number of ketones is 1. The summed E-state index contributed by atoms with van der Waals surface area (Å²) < 4.78 is 28.6. The van der Waals surface area contributed by atoms with Crippen LogP contribution in [-0.4, -0.2) is 45.3 Å². The van der Waals surface area contributed by atoms with Gasteiger partial charge in [0.1, 0.15) is 18.2 Å². The van der Waals surface area contributed by atoms with Crippen LogP contribution in [0.25, 0.3) is 6.08 Å². The van der Waals surface area contributed by atoms with Crippen molar-refractivity contribution in [2.75, 3.05) is 34.6 Å². The van der Waals surface area contributed by atoms with E-state index >= 15 is 0 Å². The van der Waals surface area contributed by atoms with E-state index in [1.165, 1.54) is 5.56 Å². The molecule has 36 heavy (non-hydrogen) atoms. The highest BCUT2D eigenvalue weighted by molar-refractivity contribution is 6.15. The van der Waals surface area contributed by atoms with Crippen molar-refractivity contribution in [3.05, 3.63) is 82.6 Å². The average Bonchev–Trinajstić information content (AvgIpc) is 3.24. The normalized spacial score (nSPS) is 15.6. The highest BCUT2D eigenvalue weighted by Gasteiger charge is 2.34. The van der Waals surface area contributed by atoms with Crippen LogP contribution in [0.5, 0.6) is 28.7 Å². The van der Waals surface area contributed by atoms with Crippen LogP contribution in [0.1, 0.15) is 33.5 Å². The van der Waals surface area contributed by atoms with Gasteiger partial charge in [0, 0.05) is 18.7 Å². The molecule has 2 aliphatic heterocycles. The number of fused-ring (bicyclic) bond motifs is 3. The van der Waals surface area contributed by atoms with Crippen molar-refractivity contribution >= 4 is 11.9 Å². The lowest BCUT2D eigenvalue weighted by Crippen LogP contribution is -2.33. The first-order valence-electron chi connectivity index (χ1n) is 11.9. The minimum atomic E-state index is -0.175. The van der Waals surface area contributed by atoms with Gasteiger partial charge in [-0.3, -0.25) is 9.69 Å². The van der Waals surface area contributed by atoms with E-state index in [-0.39, 0.29) is 11.5 Å². The van der Waals surface area contributed by atoms with Crippen LogP contribution >= 0.6 is 0 Å². The molecule has 0 saturated carbocycles. The fourth-order valence-electron chi connectivity index (χ4n) is 4.68. The summed E-state index contributed by atoms with van der Waals surface area (Å²) in [4.78, 5) is 15.5. The molecule has 0 atom stereocenters. The lowest BCUT2D eigenvalue weighted by atomic mass is 10.0. The first-order valence-corrected chi connectivity index (χ1v) is 11.9. The molecule has 0 bridgehead atoms. The van der Waals surface area contributed by atoms with E-state index in [0.29, 0.717) is 47.4 Å². The zero-order valence-electron chi connectivity index (χ0n) is 20.7. The molecule has 0 radical (unpaired) electrons. The molecule has 2 aliphatic rings. The summed E-state index contributed by atoms with van der Waals surface area (Å²) in [5, 5.41) is 0. The van der Waals surface area contributed by atoms with Gasteiger partial charge in [-0.25, -0.2) is 0 Å². The lowest BCUT2D eigenvalue weighted by Gasteiger charge is -2.29. The van der Waals surface area contributed by atoms with Gasteiger partial charge in [0.2, 0.25) is 11.5 Å². The number of nitrogens with zero attached hydrogens (tertiary/aromatic N) is 1. The Balaban J connectivity index is 1.36.